The maximum Gasteiger partial charge on any atom is 0.273 e. The zero-order valence-electron chi connectivity index (χ0n) is 13.2. The lowest BCUT2D eigenvalue weighted by atomic mass is 10.0. The maximum absolute atomic E-state index is 12.3. The molecule has 0 aliphatic heterocycles. The number of methoxy groups -OCH3 is 1. The minimum atomic E-state index is -0.521. The van der Waals surface area contributed by atoms with Crippen LogP contribution in [0.5, 0.6) is 11.5 Å². The fourth-order valence-electron chi connectivity index (χ4n) is 2.24. The van der Waals surface area contributed by atoms with Gasteiger partial charge in [0.15, 0.2) is 23.9 Å². The van der Waals surface area contributed by atoms with Gasteiger partial charge in [-0.2, -0.15) is 0 Å². The highest BCUT2D eigenvalue weighted by Crippen LogP contribution is 2.31. The first-order valence-corrected chi connectivity index (χ1v) is 6.98. The van der Waals surface area contributed by atoms with E-state index in [0.29, 0.717) is 5.56 Å². The molecule has 0 spiro atoms. The highest BCUT2D eigenvalue weighted by atomic mass is 16.6. The lowest BCUT2D eigenvalue weighted by Gasteiger charge is -2.11. The number of nitro benzene ring substituents is 1. The Morgan fingerprint density at radius 1 is 1.13 bits per heavy atom. The Hall–Kier alpha value is -2.89. The van der Waals surface area contributed by atoms with Crippen molar-refractivity contribution >= 4 is 11.5 Å². The molecule has 0 fully saturated rings. The van der Waals surface area contributed by atoms with Crippen LogP contribution in [0.15, 0.2) is 36.4 Å². The van der Waals surface area contributed by atoms with Crippen LogP contribution >= 0.6 is 0 Å². The van der Waals surface area contributed by atoms with E-state index >= 15 is 0 Å². The summed E-state index contributed by atoms with van der Waals surface area (Å²) in [5.41, 5.74) is 2.46. The van der Waals surface area contributed by atoms with Gasteiger partial charge >= 0.3 is 0 Å². The molecule has 0 aliphatic rings. The molecule has 120 valence electrons. The van der Waals surface area contributed by atoms with Crippen LogP contribution in [0, 0.1) is 24.0 Å². The molecule has 0 aromatic heterocycles. The molecule has 6 nitrogen and oxygen atoms in total. The minimum Gasteiger partial charge on any atom is -0.493 e. The number of non-ortho nitro benzene ring substituents is 1. The normalized spacial score (nSPS) is 10.2. The molecule has 0 N–H and O–H groups in total. The van der Waals surface area contributed by atoms with Gasteiger partial charge in [-0.05, 0) is 25.5 Å². The fraction of sp³-hybridized carbons (Fsp3) is 0.235. The Morgan fingerprint density at radius 2 is 1.87 bits per heavy atom. The van der Waals surface area contributed by atoms with Crippen molar-refractivity contribution in [3.63, 3.8) is 0 Å². The van der Waals surface area contributed by atoms with Crippen molar-refractivity contribution in [2.45, 2.75) is 13.8 Å². The Labute approximate surface area is 133 Å². The molecule has 6 heteroatoms. The van der Waals surface area contributed by atoms with E-state index in [9.17, 15) is 14.9 Å². The van der Waals surface area contributed by atoms with Gasteiger partial charge in [-0.3, -0.25) is 14.9 Å². The molecular formula is C17H17NO5. The zero-order chi connectivity index (χ0) is 17.0. The van der Waals surface area contributed by atoms with E-state index in [4.69, 9.17) is 9.47 Å². The van der Waals surface area contributed by atoms with Crippen LogP contribution in [0.4, 0.5) is 5.69 Å². The number of rotatable bonds is 6. The third kappa shape index (κ3) is 3.85. The molecule has 2 rings (SSSR count). The quantitative estimate of drug-likeness (QED) is 0.463. The molecule has 2 aromatic carbocycles. The molecule has 0 radical (unpaired) electrons. The van der Waals surface area contributed by atoms with Crippen LogP contribution in [0.3, 0.4) is 0 Å². The van der Waals surface area contributed by atoms with Crippen molar-refractivity contribution in [3.8, 4) is 11.5 Å². The molecule has 0 amide bonds. The van der Waals surface area contributed by atoms with Crippen molar-refractivity contribution in [1.29, 1.82) is 0 Å². The van der Waals surface area contributed by atoms with Gasteiger partial charge in [0.25, 0.3) is 5.69 Å². The van der Waals surface area contributed by atoms with Crippen LogP contribution in [-0.4, -0.2) is 24.4 Å². The Morgan fingerprint density at radius 3 is 2.48 bits per heavy atom. The first kappa shape index (κ1) is 16.5. The molecule has 0 atom stereocenters. The number of carbonyl (C=O) groups is 1. The molecule has 0 unspecified atom stereocenters. The summed E-state index contributed by atoms with van der Waals surface area (Å²) >= 11 is 0. The largest absolute Gasteiger partial charge is 0.493 e. The summed E-state index contributed by atoms with van der Waals surface area (Å²) in [5.74, 6) is 0.340. The summed E-state index contributed by atoms with van der Waals surface area (Å²) in [4.78, 5) is 22.5. The third-order valence-electron chi connectivity index (χ3n) is 3.40. The lowest BCUT2D eigenvalue weighted by Crippen LogP contribution is -2.13. The van der Waals surface area contributed by atoms with Crippen molar-refractivity contribution in [1.82, 2.24) is 0 Å². The van der Waals surface area contributed by atoms with Crippen LogP contribution in [-0.2, 0) is 0 Å². The summed E-state index contributed by atoms with van der Waals surface area (Å²) < 4.78 is 10.5. The fourth-order valence-corrected chi connectivity index (χ4v) is 2.24. The number of benzene rings is 2. The van der Waals surface area contributed by atoms with Crippen molar-refractivity contribution in [2.75, 3.05) is 13.7 Å². The summed E-state index contributed by atoms with van der Waals surface area (Å²) in [6.45, 7) is 3.66. The summed E-state index contributed by atoms with van der Waals surface area (Å²) in [5, 5.41) is 10.8. The summed E-state index contributed by atoms with van der Waals surface area (Å²) in [6, 6.07) is 9.55. The number of nitrogens with zero attached hydrogens (tertiary/aromatic N) is 1. The SMILES string of the molecule is COc1cc([N+](=O)[O-])ccc1OCC(=O)c1ccc(C)cc1C. The monoisotopic (exact) mass is 315 g/mol. The van der Waals surface area contributed by atoms with E-state index in [0.717, 1.165) is 11.1 Å². The van der Waals surface area contributed by atoms with Crippen LogP contribution < -0.4 is 9.47 Å². The molecule has 0 bridgehead atoms. The second-order valence-corrected chi connectivity index (χ2v) is 5.12. The number of carbonyl (C=O) groups excluding carboxylic acids is 1. The minimum absolute atomic E-state index is 0.102. The van der Waals surface area contributed by atoms with Gasteiger partial charge in [-0.25, -0.2) is 0 Å². The average Bonchev–Trinajstić information content (AvgIpc) is 2.52. The standard InChI is InChI=1S/C17H17NO5/c1-11-4-6-14(12(2)8-11)15(19)10-23-16-7-5-13(18(20)21)9-17(16)22-3/h4-9H,10H2,1-3H3. The van der Waals surface area contributed by atoms with Gasteiger partial charge in [0.1, 0.15) is 0 Å². The van der Waals surface area contributed by atoms with Crippen molar-refractivity contribution in [3.05, 3.63) is 63.2 Å². The predicted molar refractivity (Wildman–Crippen MR) is 85.4 cm³/mol. The third-order valence-corrected chi connectivity index (χ3v) is 3.40. The Kier molecular flexibility index (Phi) is 4.95. The number of hydrogen-bond acceptors (Lipinski definition) is 5. The van der Waals surface area contributed by atoms with E-state index in [-0.39, 0.29) is 29.6 Å². The molecule has 2 aromatic rings. The first-order chi connectivity index (χ1) is 10.9. The Bertz CT molecular complexity index is 755. The molecular weight excluding hydrogens is 298 g/mol. The van der Waals surface area contributed by atoms with Gasteiger partial charge in [-0.15, -0.1) is 0 Å². The highest BCUT2D eigenvalue weighted by molar-refractivity contribution is 5.98. The van der Waals surface area contributed by atoms with Gasteiger partial charge in [0.2, 0.25) is 0 Å². The molecule has 0 heterocycles. The van der Waals surface area contributed by atoms with Gasteiger partial charge in [0, 0.05) is 11.6 Å². The van der Waals surface area contributed by atoms with Crippen LogP contribution in [0.1, 0.15) is 21.5 Å². The zero-order valence-corrected chi connectivity index (χ0v) is 13.2. The number of Topliss-reactive ketones (excluding diaryl/α,β-unsaturated/α-hetero) is 1. The number of ether oxygens (including phenoxy) is 2. The summed E-state index contributed by atoms with van der Waals surface area (Å²) in [6.07, 6.45) is 0. The van der Waals surface area contributed by atoms with E-state index in [1.54, 1.807) is 6.07 Å². The number of hydrogen-bond donors (Lipinski definition) is 0. The smallest absolute Gasteiger partial charge is 0.273 e. The summed E-state index contributed by atoms with van der Waals surface area (Å²) in [7, 11) is 1.39. The maximum atomic E-state index is 12.3. The van der Waals surface area contributed by atoms with Crippen LogP contribution in [0.25, 0.3) is 0 Å². The van der Waals surface area contributed by atoms with E-state index in [2.05, 4.69) is 0 Å². The average molecular weight is 315 g/mol. The number of aryl methyl sites for hydroxylation is 2. The molecule has 0 saturated carbocycles. The molecule has 0 aliphatic carbocycles. The molecule has 0 saturated heterocycles. The predicted octanol–water partition coefficient (Wildman–Crippen LogP) is 3.48. The highest BCUT2D eigenvalue weighted by Gasteiger charge is 2.15. The van der Waals surface area contributed by atoms with E-state index < -0.39 is 4.92 Å². The van der Waals surface area contributed by atoms with Crippen LogP contribution in [0.2, 0.25) is 0 Å². The van der Waals surface area contributed by atoms with Gasteiger partial charge in [0.05, 0.1) is 18.1 Å². The van der Waals surface area contributed by atoms with Crippen molar-refractivity contribution < 1.29 is 19.2 Å². The number of nitro groups is 1. The second-order valence-electron chi connectivity index (χ2n) is 5.12. The lowest BCUT2D eigenvalue weighted by molar-refractivity contribution is -0.384. The Balaban J connectivity index is 2.14. The van der Waals surface area contributed by atoms with E-state index in [1.165, 1.54) is 25.3 Å². The van der Waals surface area contributed by atoms with Gasteiger partial charge < -0.3 is 9.47 Å². The van der Waals surface area contributed by atoms with Crippen molar-refractivity contribution in [2.24, 2.45) is 0 Å². The molecule has 23 heavy (non-hydrogen) atoms. The second kappa shape index (κ2) is 6.91. The first-order valence-electron chi connectivity index (χ1n) is 6.98. The van der Waals surface area contributed by atoms with Gasteiger partial charge in [-0.1, -0.05) is 23.8 Å². The van der Waals surface area contributed by atoms with E-state index in [1.807, 2.05) is 26.0 Å². The number of ketones is 1. The topological polar surface area (TPSA) is 78.7 Å².